The highest BCUT2D eigenvalue weighted by Crippen LogP contribution is 2.22. The van der Waals surface area contributed by atoms with Crippen LogP contribution in [-0.4, -0.2) is 28.1 Å². The lowest BCUT2D eigenvalue weighted by molar-refractivity contribution is 0.0592. The Morgan fingerprint density at radius 1 is 1.48 bits per heavy atom. The summed E-state index contributed by atoms with van der Waals surface area (Å²) in [6.45, 7) is 4.15. The zero-order valence-electron chi connectivity index (χ0n) is 11.9. The molecule has 0 radical (unpaired) electrons. The van der Waals surface area contributed by atoms with Crippen LogP contribution in [0.1, 0.15) is 41.5 Å². The Morgan fingerprint density at radius 3 is 2.76 bits per heavy atom. The van der Waals surface area contributed by atoms with Crippen molar-refractivity contribution in [3.8, 4) is 0 Å². The molecule has 1 aromatic heterocycles. The van der Waals surface area contributed by atoms with Crippen LogP contribution in [0.2, 0.25) is 5.02 Å². The number of methoxy groups -OCH3 is 1. The minimum Gasteiger partial charge on any atom is -0.464 e. The van der Waals surface area contributed by atoms with E-state index in [-0.39, 0.29) is 11.6 Å². The molecule has 1 heterocycles. The third-order valence-electron chi connectivity index (χ3n) is 3.03. The molecule has 0 amide bonds. The Hall–Kier alpha value is -1.95. The predicted molar refractivity (Wildman–Crippen MR) is 76.0 cm³/mol. The van der Waals surface area contributed by atoms with Gasteiger partial charge in [0.15, 0.2) is 5.69 Å². The Balaban J connectivity index is 2.40. The molecular weight excluding hydrogens is 297 g/mol. The van der Waals surface area contributed by atoms with Crippen molar-refractivity contribution < 1.29 is 13.9 Å². The van der Waals surface area contributed by atoms with E-state index in [0.29, 0.717) is 22.8 Å². The number of ether oxygens (including phenoxy) is 1. The van der Waals surface area contributed by atoms with Crippen LogP contribution in [0.25, 0.3) is 0 Å². The van der Waals surface area contributed by atoms with Gasteiger partial charge in [0.1, 0.15) is 5.82 Å². The van der Waals surface area contributed by atoms with E-state index in [4.69, 9.17) is 16.3 Å². The SMILES string of the molecule is COC(=O)c1nnn(Cc2ccc(F)cc2Cl)c1C(C)C. The number of carbonyl (C=O) groups is 1. The predicted octanol–water partition coefficient (Wildman–Crippen LogP) is 3.03. The number of esters is 1. The molecule has 0 N–H and O–H groups in total. The van der Waals surface area contributed by atoms with E-state index in [0.717, 1.165) is 0 Å². The summed E-state index contributed by atoms with van der Waals surface area (Å²) in [6, 6.07) is 4.15. The highest BCUT2D eigenvalue weighted by molar-refractivity contribution is 6.31. The van der Waals surface area contributed by atoms with Crippen LogP contribution in [-0.2, 0) is 11.3 Å². The Morgan fingerprint density at radius 2 is 2.19 bits per heavy atom. The van der Waals surface area contributed by atoms with Gasteiger partial charge in [-0.3, -0.25) is 0 Å². The smallest absolute Gasteiger partial charge is 0.360 e. The number of carbonyl (C=O) groups excluding carboxylic acids is 1. The van der Waals surface area contributed by atoms with Crippen molar-refractivity contribution in [1.29, 1.82) is 0 Å². The van der Waals surface area contributed by atoms with Gasteiger partial charge in [-0.2, -0.15) is 0 Å². The van der Waals surface area contributed by atoms with E-state index >= 15 is 0 Å². The summed E-state index contributed by atoms with van der Waals surface area (Å²) in [7, 11) is 1.29. The fraction of sp³-hybridized carbons (Fsp3) is 0.357. The zero-order chi connectivity index (χ0) is 15.6. The molecule has 0 bridgehead atoms. The third-order valence-corrected chi connectivity index (χ3v) is 3.39. The second kappa shape index (κ2) is 6.22. The van der Waals surface area contributed by atoms with Gasteiger partial charge in [-0.1, -0.05) is 36.7 Å². The van der Waals surface area contributed by atoms with Crippen LogP contribution in [0.5, 0.6) is 0 Å². The molecule has 0 saturated carbocycles. The number of halogens is 2. The number of hydrogen-bond acceptors (Lipinski definition) is 4. The van der Waals surface area contributed by atoms with Gasteiger partial charge in [-0.25, -0.2) is 13.9 Å². The molecule has 0 atom stereocenters. The summed E-state index contributed by atoms with van der Waals surface area (Å²) >= 11 is 6.01. The first kappa shape index (κ1) is 15.4. The number of aromatic nitrogens is 3. The maximum Gasteiger partial charge on any atom is 0.360 e. The molecule has 7 heteroatoms. The van der Waals surface area contributed by atoms with E-state index in [1.54, 1.807) is 10.7 Å². The topological polar surface area (TPSA) is 57.0 Å². The maximum atomic E-state index is 13.1. The Labute approximate surface area is 126 Å². The van der Waals surface area contributed by atoms with Crippen LogP contribution in [0.15, 0.2) is 18.2 Å². The first-order valence-electron chi connectivity index (χ1n) is 6.39. The second-order valence-corrected chi connectivity index (χ2v) is 5.27. The Kier molecular flexibility index (Phi) is 4.57. The van der Waals surface area contributed by atoms with Crippen molar-refractivity contribution in [2.24, 2.45) is 0 Å². The molecule has 2 rings (SSSR count). The third kappa shape index (κ3) is 3.21. The highest BCUT2D eigenvalue weighted by atomic mass is 35.5. The van der Waals surface area contributed by atoms with Gasteiger partial charge in [0.05, 0.1) is 19.3 Å². The quantitative estimate of drug-likeness (QED) is 0.814. The summed E-state index contributed by atoms with van der Waals surface area (Å²) in [5.74, 6) is -0.912. The molecule has 0 aliphatic heterocycles. The summed E-state index contributed by atoms with van der Waals surface area (Å²) in [5.41, 5.74) is 1.54. The van der Waals surface area contributed by atoms with Gasteiger partial charge >= 0.3 is 5.97 Å². The average molecular weight is 312 g/mol. The number of hydrogen-bond donors (Lipinski definition) is 0. The maximum absolute atomic E-state index is 13.1. The van der Waals surface area contributed by atoms with E-state index in [9.17, 15) is 9.18 Å². The van der Waals surface area contributed by atoms with E-state index < -0.39 is 11.8 Å². The van der Waals surface area contributed by atoms with Gasteiger partial charge in [0, 0.05) is 5.02 Å². The normalized spacial score (nSPS) is 11.0. The monoisotopic (exact) mass is 311 g/mol. The molecule has 1 aromatic carbocycles. The molecule has 5 nitrogen and oxygen atoms in total. The molecule has 0 unspecified atom stereocenters. The van der Waals surface area contributed by atoms with E-state index in [1.807, 2.05) is 13.8 Å². The van der Waals surface area contributed by atoms with E-state index in [1.165, 1.54) is 19.2 Å². The molecule has 0 spiro atoms. The lowest BCUT2D eigenvalue weighted by atomic mass is 10.1. The van der Waals surface area contributed by atoms with Gasteiger partial charge in [-0.15, -0.1) is 5.10 Å². The van der Waals surface area contributed by atoms with Gasteiger partial charge in [-0.05, 0) is 23.6 Å². The molecule has 112 valence electrons. The van der Waals surface area contributed by atoms with Gasteiger partial charge in [0.25, 0.3) is 0 Å². The standard InChI is InChI=1S/C14H15ClFN3O2/c1-8(2)13-12(14(20)21-3)17-18-19(13)7-9-4-5-10(16)6-11(9)15/h4-6,8H,7H2,1-3H3. The summed E-state index contributed by atoms with van der Waals surface area (Å²) in [4.78, 5) is 11.7. The van der Waals surface area contributed by atoms with Crippen LogP contribution >= 0.6 is 11.6 Å². The highest BCUT2D eigenvalue weighted by Gasteiger charge is 2.23. The molecule has 0 aliphatic rings. The van der Waals surface area contributed by atoms with Crippen molar-refractivity contribution >= 4 is 17.6 Å². The van der Waals surface area contributed by atoms with Crippen LogP contribution < -0.4 is 0 Å². The summed E-state index contributed by atoms with van der Waals surface area (Å²) in [6.07, 6.45) is 0. The van der Waals surface area contributed by atoms with Crippen molar-refractivity contribution in [1.82, 2.24) is 15.0 Å². The van der Waals surface area contributed by atoms with Gasteiger partial charge < -0.3 is 4.74 Å². The zero-order valence-corrected chi connectivity index (χ0v) is 12.7. The summed E-state index contributed by atoms with van der Waals surface area (Å²) in [5, 5.41) is 8.16. The van der Waals surface area contributed by atoms with Crippen molar-refractivity contribution in [2.75, 3.05) is 7.11 Å². The van der Waals surface area contributed by atoms with Crippen LogP contribution in [0, 0.1) is 5.82 Å². The van der Waals surface area contributed by atoms with Crippen molar-refractivity contribution in [3.63, 3.8) is 0 Å². The molecule has 21 heavy (non-hydrogen) atoms. The van der Waals surface area contributed by atoms with Crippen molar-refractivity contribution in [2.45, 2.75) is 26.3 Å². The average Bonchev–Trinajstić information content (AvgIpc) is 2.85. The van der Waals surface area contributed by atoms with Gasteiger partial charge in [0.2, 0.25) is 0 Å². The molecular formula is C14H15ClFN3O2. The second-order valence-electron chi connectivity index (χ2n) is 4.86. The first-order chi connectivity index (χ1) is 9.93. The van der Waals surface area contributed by atoms with Crippen molar-refractivity contribution in [3.05, 3.63) is 46.0 Å². The van der Waals surface area contributed by atoms with E-state index in [2.05, 4.69) is 10.3 Å². The van der Waals surface area contributed by atoms with Crippen LogP contribution in [0.3, 0.4) is 0 Å². The number of nitrogens with zero attached hydrogens (tertiary/aromatic N) is 3. The molecule has 0 aliphatic carbocycles. The molecule has 2 aromatic rings. The lowest BCUT2D eigenvalue weighted by Gasteiger charge is -2.11. The minimum atomic E-state index is -0.532. The fourth-order valence-corrected chi connectivity index (χ4v) is 2.29. The first-order valence-corrected chi connectivity index (χ1v) is 6.77. The number of benzene rings is 1. The number of rotatable bonds is 4. The largest absolute Gasteiger partial charge is 0.464 e. The lowest BCUT2D eigenvalue weighted by Crippen LogP contribution is -2.12. The fourth-order valence-electron chi connectivity index (χ4n) is 2.06. The molecule has 0 saturated heterocycles. The molecule has 0 fully saturated rings. The van der Waals surface area contributed by atoms with Crippen LogP contribution in [0.4, 0.5) is 4.39 Å². The summed E-state index contributed by atoms with van der Waals surface area (Å²) < 4.78 is 19.3. The minimum absolute atomic E-state index is 0.0216. The Bertz CT molecular complexity index is 670.